The SMILES string of the molecule is COC(=O)CN1CCC[C@H]1c1nc2ccccc2n1[C@@H]1C[C@H]2CCC[C@@H](C1)N2[C@@H]1C[C@@H]2CCCC[C@@H](C2)C1. The van der Waals surface area contributed by atoms with Crippen LogP contribution in [0.2, 0.25) is 0 Å². The number of esters is 1. The van der Waals surface area contributed by atoms with Crippen molar-refractivity contribution in [3.63, 3.8) is 0 Å². The van der Waals surface area contributed by atoms with E-state index >= 15 is 0 Å². The lowest BCUT2D eigenvalue weighted by atomic mass is 9.73. The predicted molar refractivity (Wildman–Crippen MR) is 150 cm³/mol. The number of imidazole rings is 1. The fourth-order valence-corrected chi connectivity index (χ4v) is 9.53. The first-order chi connectivity index (χ1) is 18.7. The van der Waals surface area contributed by atoms with E-state index in [9.17, 15) is 4.79 Å². The first kappa shape index (κ1) is 25.1. The molecule has 7 rings (SSSR count). The van der Waals surface area contributed by atoms with Gasteiger partial charge in [-0.1, -0.05) is 44.2 Å². The van der Waals surface area contributed by atoms with Gasteiger partial charge in [-0.2, -0.15) is 0 Å². The van der Waals surface area contributed by atoms with E-state index in [0.717, 1.165) is 42.8 Å². The molecule has 5 aliphatic rings. The number of piperidine rings is 2. The Labute approximate surface area is 228 Å². The molecule has 38 heavy (non-hydrogen) atoms. The van der Waals surface area contributed by atoms with Gasteiger partial charge in [0.1, 0.15) is 5.82 Å². The minimum atomic E-state index is -0.143. The molecule has 1 aromatic carbocycles. The molecule has 5 fully saturated rings. The highest BCUT2D eigenvalue weighted by molar-refractivity contribution is 5.76. The van der Waals surface area contributed by atoms with E-state index in [1.165, 1.54) is 95.5 Å². The summed E-state index contributed by atoms with van der Waals surface area (Å²) >= 11 is 0. The number of carbonyl (C=O) groups excluding carboxylic acids is 1. The smallest absolute Gasteiger partial charge is 0.319 e. The minimum absolute atomic E-state index is 0.143. The molecule has 0 amide bonds. The molecule has 2 aromatic rings. The van der Waals surface area contributed by atoms with Crippen LogP contribution in [-0.4, -0.2) is 63.6 Å². The molecule has 0 radical (unpaired) electrons. The predicted octanol–water partition coefficient (Wildman–Crippen LogP) is 6.26. The van der Waals surface area contributed by atoms with E-state index in [4.69, 9.17) is 9.72 Å². The summed E-state index contributed by atoms with van der Waals surface area (Å²) in [5.74, 6) is 3.00. The Balaban J connectivity index is 1.19. The van der Waals surface area contributed by atoms with Crippen LogP contribution in [0.1, 0.15) is 108 Å². The molecule has 0 unspecified atom stereocenters. The maximum Gasteiger partial charge on any atom is 0.319 e. The Morgan fingerprint density at radius 3 is 2.32 bits per heavy atom. The van der Waals surface area contributed by atoms with Gasteiger partial charge in [-0.3, -0.25) is 14.6 Å². The zero-order chi connectivity index (χ0) is 25.6. The van der Waals surface area contributed by atoms with Crippen molar-refractivity contribution in [1.29, 1.82) is 0 Å². The summed E-state index contributed by atoms with van der Waals surface area (Å²) in [4.78, 5) is 22.9. The van der Waals surface area contributed by atoms with Crippen molar-refractivity contribution in [2.75, 3.05) is 20.2 Å². The number of hydrogen-bond donors (Lipinski definition) is 0. The van der Waals surface area contributed by atoms with Gasteiger partial charge in [-0.05, 0) is 88.3 Å². The van der Waals surface area contributed by atoms with E-state index < -0.39 is 0 Å². The number of hydrogen-bond acceptors (Lipinski definition) is 5. The Morgan fingerprint density at radius 2 is 1.58 bits per heavy atom. The highest BCUT2D eigenvalue weighted by Crippen LogP contribution is 2.48. The van der Waals surface area contributed by atoms with Crippen LogP contribution in [0.5, 0.6) is 0 Å². The summed E-state index contributed by atoms with van der Waals surface area (Å²) in [6, 6.07) is 11.7. The van der Waals surface area contributed by atoms with Gasteiger partial charge in [0, 0.05) is 24.2 Å². The van der Waals surface area contributed by atoms with Gasteiger partial charge in [0.25, 0.3) is 0 Å². The third-order valence-electron chi connectivity index (χ3n) is 11.0. The maximum absolute atomic E-state index is 12.2. The third kappa shape index (κ3) is 4.60. The lowest BCUT2D eigenvalue weighted by Gasteiger charge is -2.55. The molecule has 4 bridgehead atoms. The highest BCUT2D eigenvalue weighted by atomic mass is 16.5. The number of nitrogens with zero attached hydrogens (tertiary/aromatic N) is 4. The van der Waals surface area contributed by atoms with E-state index in [2.05, 4.69) is 38.6 Å². The average Bonchev–Trinajstić information content (AvgIpc) is 3.49. The lowest BCUT2D eigenvalue weighted by molar-refractivity contribution is -0.142. The largest absolute Gasteiger partial charge is 0.468 e. The number of methoxy groups -OCH3 is 1. The molecule has 0 spiro atoms. The summed E-state index contributed by atoms with van der Waals surface area (Å²) < 4.78 is 7.68. The van der Waals surface area contributed by atoms with Crippen LogP contribution < -0.4 is 0 Å². The Kier molecular flexibility index (Phi) is 6.98. The molecule has 2 saturated carbocycles. The second-order valence-corrected chi connectivity index (χ2v) is 13.2. The Morgan fingerprint density at radius 1 is 0.842 bits per heavy atom. The first-order valence-electron chi connectivity index (χ1n) is 15.7. The molecule has 206 valence electrons. The molecule has 2 aliphatic carbocycles. The van der Waals surface area contributed by atoms with Gasteiger partial charge < -0.3 is 9.30 Å². The molecule has 1 aromatic heterocycles. The van der Waals surface area contributed by atoms with E-state index in [1.807, 2.05) is 0 Å². The van der Waals surface area contributed by atoms with Gasteiger partial charge in [0.15, 0.2) is 0 Å². The van der Waals surface area contributed by atoms with Gasteiger partial charge in [0.2, 0.25) is 0 Å². The summed E-state index contributed by atoms with van der Waals surface area (Å²) in [6.07, 6.45) is 19.1. The fraction of sp³-hybridized carbons (Fsp3) is 0.750. The highest BCUT2D eigenvalue weighted by Gasteiger charge is 2.46. The number of carbonyl (C=O) groups is 1. The van der Waals surface area contributed by atoms with Crippen molar-refractivity contribution in [1.82, 2.24) is 19.4 Å². The number of fused-ring (bicyclic) bond motifs is 5. The molecule has 7 atom stereocenters. The van der Waals surface area contributed by atoms with Crippen molar-refractivity contribution in [3.05, 3.63) is 30.1 Å². The number of para-hydroxylation sites is 2. The summed E-state index contributed by atoms with van der Waals surface area (Å²) in [5.41, 5.74) is 2.39. The zero-order valence-electron chi connectivity index (χ0n) is 23.3. The molecule has 0 N–H and O–H groups in total. The monoisotopic (exact) mass is 518 g/mol. The average molecular weight is 519 g/mol. The molecule has 3 saturated heterocycles. The zero-order valence-corrected chi connectivity index (χ0v) is 23.3. The normalized spacial score (nSPS) is 36.3. The standard InChI is InChI=1S/C32H46N4O2/c1-38-31(37)21-34-15-7-14-30(34)32-33-28-12-4-5-13-29(28)36(32)27-19-24-10-6-11-25(20-27)35(24)26-17-22-8-2-3-9-23(16-22)18-26/h4-5,12-13,22-27,30H,2-3,6-11,14-21H2,1H3/t22-,23+,24-,25+,26-,27-,30-/m0/s1. The van der Waals surface area contributed by atoms with E-state index in [1.54, 1.807) is 0 Å². The topological polar surface area (TPSA) is 50.6 Å². The molecule has 6 heteroatoms. The number of benzene rings is 1. The van der Waals surface area contributed by atoms with Gasteiger partial charge in [-0.15, -0.1) is 0 Å². The van der Waals surface area contributed by atoms with Crippen LogP contribution in [0.25, 0.3) is 11.0 Å². The number of ether oxygens (including phenoxy) is 1. The molecule has 4 heterocycles. The van der Waals surface area contributed by atoms with Crippen LogP contribution in [0, 0.1) is 11.8 Å². The van der Waals surface area contributed by atoms with Crippen molar-refractivity contribution in [2.45, 2.75) is 120 Å². The number of likely N-dealkylation sites (tertiary alicyclic amines) is 1. The fourth-order valence-electron chi connectivity index (χ4n) is 9.53. The van der Waals surface area contributed by atoms with Crippen LogP contribution >= 0.6 is 0 Å². The second-order valence-electron chi connectivity index (χ2n) is 13.2. The van der Waals surface area contributed by atoms with Crippen LogP contribution in [0.3, 0.4) is 0 Å². The van der Waals surface area contributed by atoms with Crippen molar-refractivity contribution in [3.8, 4) is 0 Å². The van der Waals surface area contributed by atoms with Crippen molar-refractivity contribution in [2.24, 2.45) is 11.8 Å². The Bertz CT molecular complexity index is 1120. The van der Waals surface area contributed by atoms with Crippen molar-refractivity contribution < 1.29 is 9.53 Å². The first-order valence-corrected chi connectivity index (χ1v) is 15.7. The van der Waals surface area contributed by atoms with Gasteiger partial charge >= 0.3 is 5.97 Å². The number of rotatable bonds is 5. The van der Waals surface area contributed by atoms with E-state index in [0.29, 0.717) is 24.7 Å². The van der Waals surface area contributed by atoms with Crippen molar-refractivity contribution >= 4 is 17.0 Å². The van der Waals surface area contributed by atoms with E-state index in [-0.39, 0.29) is 12.0 Å². The van der Waals surface area contributed by atoms with Crippen LogP contribution in [0.15, 0.2) is 24.3 Å². The maximum atomic E-state index is 12.2. The minimum Gasteiger partial charge on any atom is -0.468 e. The Hall–Kier alpha value is -1.92. The van der Waals surface area contributed by atoms with Crippen LogP contribution in [-0.2, 0) is 9.53 Å². The summed E-state index contributed by atoms with van der Waals surface area (Å²) in [5, 5.41) is 0. The van der Waals surface area contributed by atoms with Crippen LogP contribution in [0.4, 0.5) is 0 Å². The van der Waals surface area contributed by atoms with Gasteiger partial charge in [-0.25, -0.2) is 4.98 Å². The molecular formula is C32H46N4O2. The lowest BCUT2D eigenvalue weighted by Crippen LogP contribution is -2.58. The quantitative estimate of drug-likeness (QED) is 0.437. The molecular weight excluding hydrogens is 472 g/mol. The summed E-state index contributed by atoms with van der Waals surface area (Å²) in [6.45, 7) is 1.30. The molecule has 3 aliphatic heterocycles. The molecule has 6 nitrogen and oxygen atoms in total. The second kappa shape index (κ2) is 10.6. The third-order valence-corrected chi connectivity index (χ3v) is 11.0. The summed E-state index contributed by atoms with van der Waals surface area (Å²) in [7, 11) is 1.50. The van der Waals surface area contributed by atoms with Gasteiger partial charge in [0.05, 0.1) is 30.7 Å². The number of aromatic nitrogens is 2.